The van der Waals surface area contributed by atoms with Crippen molar-refractivity contribution >= 4 is 28.2 Å². The van der Waals surface area contributed by atoms with Gasteiger partial charge in [0, 0.05) is 21.7 Å². The Hall–Kier alpha value is -2.66. The van der Waals surface area contributed by atoms with Gasteiger partial charge in [-0.1, -0.05) is 29.8 Å². The predicted molar refractivity (Wildman–Crippen MR) is 98.5 cm³/mol. The van der Waals surface area contributed by atoms with E-state index >= 15 is 0 Å². The third kappa shape index (κ3) is 2.81. The molecular formula is C19H16ClFN4. The molecule has 0 saturated carbocycles. The number of benzene rings is 2. The number of rotatable bonds is 3. The topological polar surface area (TPSA) is 56.2 Å². The minimum Gasteiger partial charge on any atom is -0.400 e. The molecule has 0 amide bonds. The van der Waals surface area contributed by atoms with Crippen molar-refractivity contribution in [1.82, 2.24) is 9.78 Å². The fourth-order valence-corrected chi connectivity index (χ4v) is 3.14. The Bertz CT molecular complexity index is 1040. The molecule has 2 heterocycles. The molecule has 0 aliphatic carbocycles. The van der Waals surface area contributed by atoms with Gasteiger partial charge in [-0.3, -0.25) is 9.67 Å². The average molecular weight is 355 g/mol. The Morgan fingerprint density at radius 1 is 1.24 bits per heavy atom. The summed E-state index contributed by atoms with van der Waals surface area (Å²) < 4.78 is 15.8. The molecule has 4 nitrogen and oxygen atoms in total. The molecule has 2 aromatic carbocycles. The predicted octanol–water partition coefficient (Wildman–Crippen LogP) is 3.91. The van der Waals surface area contributed by atoms with Crippen LogP contribution in [0.15, 0.2) is 59.2 Å². The molecule has 25 heavy (non-hydrogen) atoms. The van der Waals surface area contributed by atoms with E-state index in [1.807, 2.05) is 37.3 Å². The summed E-state index contributed by atoms with van der Waals surface area (Å²) in [5, 5.41) is 6.19. The maximum absolute atomic E-state index is 14.0. The van der Waals surface area contributed by atoms with Gasteiger partial charge in [-0.2, -0.15) is 5.10 Å². The van der Waals surface area contributed by atoms with Crippen LogP contribution in [0.25, 0.3) is 10.9 Å². The molecule has 1 unspecified atom stereocenters. The molecule has 0 fully saturated rings. The summed E-state index contributed by atoms with van der Waals surface area (Å²) in [6, 6.07) is 12.2. The second-order valence-electron chi connectivity index (χ2n) is 6.09. The first-order valence-corrected chi connectivity index (χ1v) is 8.35. The van der Waals surface area contributed by atoms with Crippen molar-refractivity contribution in [2.24, 2.45) is 10.7 Å². The smallest absolute Gasteiger partial charge is 0.128 e. The van der Waals surface area contributed by atoms with E-state index in [0.29, 0.717) is 22.8 Å². The summed E-state index contributed by atoms with van der Waals surface area (Å²) in [5.41, 5.74) is 9.55. The normalized spacial score (nSPS) is 17.0. The zero-order chi connectivity index (χ0) is 17.6. The average Bonchev–Trinajstić information content (AvgIpc) is 3.10. The fourth-order valence-electron chi connectivity index (χ4n) is 2.97. The quantitative estimate of drug-likeness (QED) is 0.775. The van der Waals surface area contributed by atoms with Crippen molar-refractivity contribution in [3.05, 3.63) is 76.3 Å². The number of aliphatic imine (C=N–C) groups is 1. The first-order chi connectivity index (χ1) is 12.0. The molecule has 6 heteroatoms. The maximum Gasteiger partial charge on any atom is 0.128 e. The highest BCUT2D eigenvalue weighted by molar-refractivity contribution is 6.31. The standard InChI is InChI=1S/C19H16ClFN4/c1-11-16(22)9-17(23-11)19-14-7-6-13(20)8-18(14)25(24-19)10-12-4-2-3-5-15(12)21/h2-9,11H,10,22H2,1H3. The van der Waals surface area contributed by atoms with Gasteiger partial charge in [0.15, 0.2) is 0 Å². The van der Waals surface area contributed by atoms with E-state index in [2.05, 4.69) is 10.1 Å². The Morgan fingerprint density at radius 2 is 2.04 bits per heavy atom. The fraction of sp³-hybridized carbons (Fsp3) is 0.158. The van der Waals surface area contributed by atoms with Crippen LogP contribution in [0, 0.1) is 5.82 Å². The van der Waals surface area contributed by atoms with E-state index in [0.717, 1.165) is 22.3 Å². The van der Waals surface area contributed by atoms with E-state index < -0.39 is 0 Å². The lowest BCUT2D eigenvalue weighted by atomic mass is 10.1. The van der Waals surface area contributed by atoms with Crippen LogP contribution in [0.3, 0.4) is 0 Å². The maximum atomic E-state index is 14.0. The van der Waals surface area contributed by atoms with E-state index in [1.165, 1.54) is 6.07 Å². The van der Waals surface area contributed by atoms with Gasteiger partial charge in [-0.25, -0.2) is 4.39 Å². The first kappa shape index (κ1) is 15.8. The Kier molecular flexibility index (Phi) is 3.81. The van der Waals surface area contributed by atoms with Crippen molar-refractivity contribution in [2.45, 2.75) is 19.5 Å². The molecule has 0 bridgehead atoms. The van der Waals surface area contributed by atoms with Crippen LogP contribution < -0.4 is 5.73 Å². The SMILES string of the molecule is CC1N=C(c2nn(Cc3ccccc3F)c3cc(Cl)ccc23)C=C1N. The first-order valence-electron chi connectivity index (χ1n) is 7.97. The zero-order valence-electron chi connectivity index (χ0n) is 13.6. The summed E-state index contributed by atoms with van der Waals surface area (Å²) in [6.07, 6.45) is 1.84. The van der Waals surface area contributed by atoms with E-state index in [9.17, 15) is 4.39 Å². The second kappa shape index (κ2) is 6.01. The summed E-state index contributed by atoms with van der Waals surface area (Å²) in [7, 11) is 0. The molecule has 1 aromatic heterocycles. The van der Waals surface area contributed by atoms with Crippen LogP contribution in [0.5, 0.6) is 0 Å². The van der Waals surface area contributed by atoms with Gasteiger partial charge < -0.3 is 5.73 Å². The van der Waals surface area contributed by atoms with E-state index in [1.54, 1.807) is 16.8 Å². The highest BCUT2D eigenvalue weighted by Gasteiger charge is 2.21. The molecule has 0 saturated heterocycles. The van der Waals surface area contributed by atoms with Crippen molar-refractivity contribution in [1.29, 1.82) is 0 Å². The molecule has 0 spiro atoms. The second-order valence-corrected chi connectivity index (χ2v) is 6.53. The van der Waals surface area contributed by atoms with Crippen LogP contribution in [0.4, 0.5) is 4.39 Å². The van der Waals surface area contributed by atoms with Gasteiger partial charge in [-0.15, -0.1) is 0 Å². The summed E-state index contributed by atoms with van der Waals surface area (Å²) in [5.74, 6) is -0.259. The monoisotopic (exact) mass is 354 g/mol. The number of nitrogens with two attached hydrogens (primary N) is 1. The summed E-state index contributed by atoms with van der Waals surface area (Å²) in [6.45, 7) is 2.25. The van der Waals surface area contributed by atoms with Gasteiger partial charge in [0.1, 0.15) is 11.5 Å². The van der Waals surface area contributed by atoms with E-state index in [-0.39, 0.29) is 11.9 Å². The largest absolute Gasteiger partial charge is 0.400 e. The minimum absolute atomic E-state index is 0.0610. The van der Waals surface area contributed by atoms with Gasteiger partial charge in [-0.05, 0) is 37.3 Å². The lowest BCUT2D eigenvalue weighted by Gasteiger charge is -2.05. The van der Waals surface area contributed by atoms with Crippen LogP contribution in [-0.4, -0.2) is 21.5 Å². The van der Waals surface area contributed by atoms with Gasteiger partial charge in [0.2, 0.25) is 0 Å². The molecule has 0 radical (unpaired) electrons. The highest BCUT2D eigenvalue weighted by Crippen LogP contribution is 2.26. The number of nitrogens with zero attached hydrogens (tertiary/aromatic N) is 3. The molecule has 1 aliphatic heterocycles. The Balaban J connectivity index is 1.87. The van der Waals surface area contributed by atoms with Crippen LogP contribution in [0.2, 0.25) is 5.02 Å². The number of hydrogen-bond donors (Lipinski definition) is 1. The molecule has 126 valence electrons. The Labute approximate surface area is 149 Å². The lowest BCUT2D eigenvalue weighted by Crippen LogP contribution is -2.06. The molecule has 1 aliphatic rings. The zero-order valence-corrected chi connectivity index (χ0v) is 14.3. The molecule has 4 rings (SSSR count). The van der Waals surface area contributed by atoms with Crippen LogP contribution in [0.1, 0.15) is 18.2 Å². The van der Waals surface area contributed by atoms with Crippen molar-refractivity contribution in [2.75, 3.05) is 0 Å². The van der Waals surface area contributed by atoms with Crippen LogP contribution in [-0.2, 0) is 6.54 Å². The molecular weight excluding hydrogens is 339 g/mol. The van der Waals surface area contributed by atoms with Crippen molar-refractivity contribution in [3.63, 3.8) is 0 Å². The number of aromatic nitrogens is 2. The third-order valence-electron chi connectivity index (χ3n) is 4.35. The summed E-state index contributed by atoms with van der Waals surface area (Å²) >= 11 is 6.16. The van der Waals surface area contributed by atoms with Crippen molar-refractivity contribution in [3.8, 4) is 0 Å². The Morgan fingerprint density at radius 3 is 2.76 bits per heavy atom. The van der Waals surface area contributed by atoms with E-state index in [4.69, 9.17) is 17.3 Å². The van der Waals surface area contributed by atoms with Gasteiger partial charge in [0.25, 0.3) is 0 Å². The highest BCUT2D eigenvalue weighted by atomic mass is 35.5. The number of allylic oxidation sites excluding steroid dienone is 1. The number of halogens is 2. The molecule has 1 atom stereocenters. The number of fused-ring (bicyclic) bond motifs is 1. The number of hydrogen-bond acceptors (Lipinski definition) is 3. The van der Waals surface area contributed by atoms with Crippen molar-refractivity contribution < 1.29 is 4.39 Å². The minimum atomic E-state index is -0.259. The van der Waals surface area contributed by atoms with Crippen LogP contribution >= 0.6 is 11.6 Å². The lowest BCUT2D eigenvalue weighted by molar-refractivity contribution is 0.590. The molecule has 3 aromatic rings. The van der Waals surface area contributed by atoms with Gasteiger partial charge in [0.05, 0.1) is 23.8 Å². The van der Waals surface area contributed by atoms with Gasteiger partial charge >= 0.3 is 0 Å². The summed E-state index contributed by atoms with van der Waals surface area (Å²) in [4.78, 5) is 4.57. The third-order valence-corrected chi connectivity index (χ3v) is 4.59. The molecule has 2 N–H and O–H groups in total.